The normalized spacial score (nSPS) is 16.5. The average Bonchev–Trinajstić information content (AvgIpc) is 3.50. The van der Waals surface area contributed by atoms with Gasteiger partial charge in [-0.15, -0.1) is 0 Å². The van der Waals surface area contributed by atoms with Crippen LogP contribution in [0.1, 0.15) is 31.7 Å². The second-order valence-corrected chi connectivity index (χ2v) is 8.18. The molecule has 1 saturated carbocycles. The number of rotatable bonds is 10. The Bertz CT molecular complexity index is 952. The van der Waals surface area contributed by atoms with Crippen LogP contribution in [0, 0.1) is 23.0 Å². The van der Waals surface area contributed by atoms with E-state index in [9.17, 15) is 31.6 Å². The number of nitrogens with zero attached hydrogens (tertiary/aromatic N) is 2. The molecule has 1 aliphatic carbocycles. The molecule has 0 saturated heterocycles. The van der Waals surface area contributed by atoms with E-state index in [0.717, 1.165) is 41.3 Å². The first kappa shape index (κ1) is 23.9. The summed E-state index contributed by atoms with van der Waals surface area (Å²) in [5.41, 5.74) is -1.05. The minimum atomic E-state index is -3.80. The number of benzene rings is 2. The van der Waals surface area contributed by atoms with Crippen LogP contribution in [0.5, 0.6) is 5.75 Å². The lowest BCUT2D eigenvalue weighted by Crippen LogP contribution is -2.52. The van der Waals surface area contributed by atoms with Gasteiger partial charge in [-0.25, -0.2) is 17.6 Å². The zero-order chi connectivity index (χ0) is 23.6. The van der Waals surface area contributed by atoms with Crippen LogP contribution < -0.4 is 4.74 Å². The molecule has 2 aromatic rings. The molecule has 1 aliphatic rings. The minimum absolute atomic E-state index is 0.210. The van der Waals surface area contributed by atoms with E-state index in [-0.39, 0.29) is 24.2 Å². The molecule has 172 valence electrons. The van der Waals surface area contributed by atoms with Crippen LogP contribution in [0.15, 0.2) is 48.5 Å². The molecule has 32 heavy (non-hydrogen) atoms. The summed E-state index contributed by atoms with van der Waals surface area (Å²) in [7, 11) is 0. The summed E-state index contributed by atoms with van der Waals surface area (Å²) in [6, 6.07) is 9.51. The second kappa shape index (κ2) is 9.02. The number of hydrogen-bond acceptors (Lipinski definition) is 3. The van der Waals surface area contributed by atoms with Gasteiger partial charge >= 0.3 is 6.11 Å². The van der Waals surface area contributed by atoms with Crippen LogP contribution in [0.3, 0.4) is 0 Å². The molecule has 0 radical (unpaired) electrons. The zero-order valence-corrected chi connectivity index (χ0v) is 17.3. The summed E-state index contributed by atoms with van der Waals surface area (Å²) in [5, 5.41) is 9.51. The lowest BCUT2D eigenvalue weighted by atomic mass is 9.99. The molecule has 9 heteroatoms. The van der Waals surface area contributed by atoms with Gasteiger partial charge in [0.05, 0.1) is 6.07 Å². The van der Waals surface area contributed by atoms with E-state index in [1.165, 1.54) is 19.1 Å². The van der Waals surface area contributed by atoms with E-state index in [1.54, 1.807) is 0 Å². The van der Waals surface area contributed by atoms with Crippen molar-refractivity contribution in [2.75, 3.05) is 6.54 Å². The predicted octanol–water partition coefficient (Wildman–Crippen LogP) is 5.95. The first-order valence-corrected chi connectivity index (χ1v) is 10.1. The van der Waals surface area contributed by atoms with Crippen LogP contribution in [-0.2, 0) is 6.42 Å². The van der Waals surface area contributed by atoms with Gasteiger partial charge in [-0.1, -0.05) is 12.1 Å². The van der Waals surface area contributed by atoms with Gasteiger partial charge < -0.3 is 4.74 Å². The monoisotopic (exact) mass is 456 g/mol. The van der Waals surface area contributed by atoms with Crippen molar-refractivity contribution in [3.05, 3.63) is 65.7 Å². The molecule has 1 atom stereocenters. The summed E-state index contributed by atoms with van der Waals surface area (Å²) in [4.78, 5) is 1.06. The van der Waals surface area contributed by atoms with Gasteiger partial charge in [0, 0.05) is 18.9 Å². The Balaban J connectivity index is 1.72. The van der Waals surface area contributed by atoms with Crippen LogP contribution in [-0.4, -0.2) is 35.1 Å². The van der Waals surface area contributed by atoms with Crippen molar-refractivity contribution >= 4 is 0 Å². The molecule has 0 bridgehead atoms. The average molecular weight is 456 g/mol. The molecule has 0 aliphatic heterocycles. The fourth-order valence-corrected chi connectivity index (χ4v) is 3.73. The van der Waals surface area contributed by atoms with Crippen molar-refractivity contribution in [1.82, 2.24) is 4.90 Å². The number of nitriles is 1. The third-order valence-corrected chi connectivity index (χ3v) is 5.42. The number of hydrogen-bond donors (Lipinski definition) is 0. The lowest BCUT2D eigenvalue weighted by Gasteiger charge is -2.37. The van der Waals surface area contributed by atoms with Gasteiger partial charge in [0.25, 0.3) is 5.92 Å². The maximum atomic E-state index is 14.7. The topological polar surface area (TPSA) is 36.3 Å². The van der Waals surface area contributed by atoms with E-state index in [0.29, 0.717) is 0 Å². The largest absolute Gasteiger partial charge is 0.432 e. The molecule has 0 amide bonds. The van der Waals surface area contributed by atoms with Gasteiger partial charge in [0.15, 0.2) is 0 Å². The van der Waals surface area contributed by atoms with Crippen molar-refractivity contribution in [1.29, 1.82) is 5.26 Å². The van der Waals surface area contributed by atoms with Crippen LogP contribution in [0.25, 0.3) is 0 Å². The van der Waals surface area contributed by atoms with E-state index in [4.69, 9.17) is 0 Å². The molecule has 1 fully saturated rings. The third kappa shape index (κ3) is 6.16. The van der Waals surface area contributed by atoms with Crippen molar-refractivity contribution < 1.29 is 31.1 Å². The Morgan fingerprint density at radius 3 is 2.03 bits per heavy atom. The van der Waals surface area contributed by atoms with E-state index >= 15 is 0 Å². The molecule has 3 nitrogen and oxygen atoms in total. The molecular weight excluding hydrogens is 434 g/mol. The predicted molar refractivity (Wildman–Crippen MR) is 105 cm³/mol. The molecule has 3 rings (SSSR count). The summed E-state index contributed by atoms with van der Waals surface area (Å²) < 4.78 is 89.4. The number of ether oxygens (including phenoxy) is 1. The Kier molecular flexibility index (Phi) is 6.75. The minimum Gasteiger partial charge on any atom is -0.432 e. The standard InChI is InChI=1S/C23H22F6N2O/c1-16(12-22(26,27)13-17-2-4-18(24)5-3-17)31(21(14-30)10-11-21)15-23(28,29)32-20-8-6-19(25)7-9-20/h2-9,16H,10-13,15H2,1H3/t16-/m0/s1. The molecule has 0 aromatic heterocycles. The molecular formula is C23H22F6N2O. The highest BCUT2D eigenvalue weighted by molar-refractivity contribution is 5.24. The maximum absolute atomic E-state index is 14.7. The van der Waals surface area contributed by atoms with Crippen molar-refractivity contribution in [3.63, 3.8) is 0 Å². The summed E-state index contributed by atoms with van der Waals surface area (Å²) in [5.74, 6) is -4.73. The van der Waals surface area contributed by atoms with E-state index in [2.05, 4.69) is 4.74 Å². The van der Waals surface area contributed by atoms with Crippen molar-refractivity contribution in [2.24, 2.45) is 0 Å². The second-order valence-electron chi connectivity index (χ2n) is 8.18. The molecule has 0 spiro atoms. The van der Waals surface area contributed by atoms with Crippen LogP contribution in [0.2, 0.25) is 0 Å². The molecule has 2 aromatic carbocycles. The maximum Gasteiger partial charge on any atom is 0.411 e. The smallest absolute Gasteiger partial charge is 0.411 e. The van der Waals surface area contributed by atoms with Crippen molar-refractivity contribution in [2.45, 2.75) is 56.2 Å². The first-order valence-electron chi connectivity index (χ1n) is 10.1. The first-order chi connectivity index (χ1) is 14.9. The van der Waals surface area contributed by atoms with Crippen LogP contribution in [0.4, 0.5) is 26.3 Å². The Hall–Kier alpha value is -2.73. The highest BCUT2D eigenvalue weighted by Gasteiger charge is 2.54. The van der Waals surface area contributed by atoms with Gasteiger partial charge in [-0.3, -0.25) is 4.90 Å². The van der Waals surface area contributed by atoms with Crippen molar-refractivity contribution in [3.8, 4) is 11.8 Å². The fraction of sp³-hybridized carbons (Fsp3) is 0.435. The summed E-state index contributed by atoms with van der Waals surface area (Å²) >= 11 is 0. The van der Waals surface area contributed by atoms with E-state index in [1.807, 2.05) is 6.07 Å². The lowest BCUT2D eigenvalue weighted by molar-refractivity contribution is -0.198. The fourth-order valence-electron chi connectivity index (χ4n) is 3.73. The molecule has 0 heterocycles. The van der Waals surface area contributed by atoms with Gasteiger partial charge in [0.2, 0.25) is 0 Å². The zero-order valence-electron chi connectivity index (χ0n) is 17.3. The van der Waals surface area contributed by atoms with Gasteiger partial charge in [-0.2, -0.15) is 14.0 Å². The Labute approximate surface area is 182 Å². The Morgan fingerprint density at radius 1 is 1.00 bits per heavy atom. The van der Waals surface area contributed by atoms with Crippen LogP contribution >= 0.6 is 0 Å². The molecule has 0 N–H and O–H groups in total. The quantitative estimate of drug-likeness (QED) is 0.415. The van der Waals surface area contributed by atoms with Gasteiger partial charge in [0.1, 0.15) is 29.5 Å². The number of halogens is 6. The third-order valence-electron chi connectivity index (χ3n) is 5.42. The molecule has 0 unspecified atom stereocenters. The Morgan fingerprint density at radius 2 is 1.53 bits per heavy atom. The van der Waals surface area contributed by atoms with E-state index < -0.39 is 54.6 Å². The highest BCUT2D eigenvalue weighted by atomic mass is 19.3. The summed E-state index contributed by atoms with van der Waals surface area (Å²) in [6.45, 7) is 0.287. The van der Waals surface area contributed by atoms with Gasteiger partial charge in [-0.05, 0) is 61.7 Å². The number of alkyl halides is 4. The highest BCUT2D eigenvalue weighted by Crippen LogP contribution is 2.45. The summed E-state index contributed by atoms with van der Waals surface area (Å²) in [6.07, 6.45) is -4.70. The SMILES string of the molecule is C[C@@H](CC(F)(F)Cc1ccc(F)cc1)N(CC(F)(F)Oc1ccc(F)cc1)C1(C#N)CC1.